The molecule has 0 bridgehead atoms. The highest BCUT2D eigenvalue weighted by Gasteiger charge is 2.22. The van der Waals surface area contributed by atoms with Crippen LogP contribution in [0.25, 0.3) is 0 Å². The minimum Gasteiger partial charge on any atom is -0.489 e. The number of nitrogens with one attached hydrogen (secondary N) is 1. The molecule has 1 N–H and O–H groups in total. The van der Waals surface area contributed by atoms with Gasteiger partial charge in [-0.05, 0) is 51.0 Å². The summed E-state index contributed by atoms with van der Waals surface area (Å²) >= 11 is 0. The van der Waals surface area contributed by atoms with Gasteiger partial charge < -0.3 is 15.0 Å². The van der Waals surface area contributed by atoms with Crippen LogP contribution in [0.15, 0.2) is 54.6 Å². The zero-order chi connectivity index (χ0) is 18.8. The third kappa shape index (κ3) is 3.72. The van der Waals surface area contributed by atoms with Crippen molar-refractivity contribution in [3.63, 3.8) is 0 Å². The predicted octanol–water partition coefficient (Wildman–Crippen LogP) is 5.01. The van der Waals surface area contributed by atoms with Crippen molar-refractivity contribution >= 4 is 23.1 Å². The Kier molecular flexibility index (Phi) is 4.67. The standard InChI is InChI=1S/C22H24N4O/c1-15(2)27-20-11-7-5-9-18(20)24-21-14-16(3)23-22(25-21)26-13-12-17-8-4-6-10-19(17)26/h4-11,14-15H,12-13H2,1-3H3,(H,23,24,25). The summed E-state index contributed by atoms with van der Waals surface area (Å²) < 4.78 is 5.91. The second kappa shape index (κ2) is 7.27. The molecule has 1 aliphatic heterocycles. The van der Waals surface area contributed by atoms with E-state index in [2.05, 4.69) is 39.5 Å². The summed E-state index contributed by atoms with van der Waals surface area (Å²) in [7, 11) is 0. The van der Waals surface area contributed by atoms with Gasteiger partial charge in [-0.1, -0.05) is 30.3 Å². The summed E-state index contributed by atoms with van der Waals surface area (Å²) in [5.74, 6) is 2.31. The molecule has 2 aromatic carbocycles. The first kappa shape index (κ1) is 17.3. The van der Waals surface area contributed by atoms with Crippen molar-refractivity contribution < 1.29 is 4.74 Å². The number of ether oxygens (including phenoxy) is 1. The van der Waals surface area contributed by atoms with E-state index in [-0.39, 0.29) is 6.10 Å². The highest BCUT2D eigenvalue weighted by molar-refractivity contribution is 5.68. The van der Waals surface area contributed by atoms with Gasteiger partial charge in [0.15, 0.2) is 0 Å². The quantitative estimate of drug-likeness (QED) is 0.693. The van der Waals surface area contributed by atoms with Crippen molar-refractivity contribution in [2.24, 2.45) is 0 Å². The van der Waals surface area contributed by atoms with Crippen LogP contribution in [-0.2, 0) is 6.42 Å². The van der Waals surface area contributed by atoms with Crippen LogP contribution in [0, 0.1) is 6.92 Å². The molecule has 3 aromatic rings. The normalized spacial score (nSPS) is 13.0. The van der Waals surface area contributed by atoms with Gasteiger partial charge in [0.05, 0.1) is 11.8 Å². The van der Waals surface area contributed by atoms with Crippen molar-refractivity contribution in [2.75, 3.05) is 16.8 Å². The Morgan fingerprint density at radius 2 is 1.81 bits per heavy atom. The maximum atomic E-state index is 5.91. The molecule has 5 nitrogen and oxygen atoms in total. The second-order valence-electron chi connectivity index (χ2n) is 7.01. The number of benzene rings is 2. The van der Waals surface area contributed by atoms with E-state index in [1.807, 2.05) is 51.1 Å². The summed E-state index contributed by atoms with van der Waals surface area (Å²) in [6, 6.07) is 18.3. The topological polar surface area (TPSA) is 50.3 Å². The molecule has 0 radical (unpaired) electrons. The van der Waals surface area contributed by atoms with Crippen LogP contribution < -0.4 is 15.0 Å². The van der Waals surface area contributed by atoms with Gasteiger partial charge in [0, 0.05) is 24.0 Å². The maximum absolute atomic E-state index is 5.91. The lowest BCUT2D eigenvalue weighted by molar-refractivity contribution is 0.244. The molecule has 0 fully saturated rings. The van der Waals surface area contributed by atoms with Gasteiger partial charge in [-0.15, -0.1) is 0 Å². The highest BCUT2D eigenvalue weighted by atomic mass is 16.5. The first-order valence-electron chi connectivity index (χ1n) is 9.34. The number of rotatable bonds is 5. The fourth-order valence-electron chi connectivity index (χ4n) is 3.35. The number of aryl methyl sites for hydroxylation is 1. The minimum absolute atomic E-state index is 0.108. The summed E-state index contributed by atoms with van der Waals surface area (Å²) in [6.45, 7) is 6.94. The number of fused-ring (bicyclic) bond motifs is 1. The average Bonchev–Trinajstić information content (AvgIpc) is 3.07. The van der Waals surface area contributed by atoms with Crippen LogP contribution in [0.3, 0.4) is 0 Å². The summed E-state index contributed by atoms with van der Waals surface area (Å²) in [5, 5.41) is 3.40. The van der Waals surface area contributed by atoms with Gasteiger partial charge in [0.2, 0.25) is 5.95 Å². The number of hydrogen-bond acceptors (Lipinski definition) is 5. The lowest BCUT2D eigenvalue weighted by Gasteiger charge is -2.19. The third-order valence-electron chi connectivity index (χ3n) is 4.48. The van der Waals surface area contributed by atoms with Gasteiger partial charge in [-0.25, -0.2) is 4.98 Å². The van der Waals surface area contributed by atoms with Crippen LogP contribution in [0.4, 0.5) is 23.1 Å². The average molecular weight is 360 g/mol. The van der Waals surface area contributed by atoms with Crippen LogP contribution in [-0.4, -0.2) is 22.6 Å². The molecule has 0 aliphatic carbocycles. The molecule has 4 rings (SSSR count). The number of para-hydroxylation sites is 3. The van der Waals surface area contributed by atoms with E-state index in [9.17, 15) is 0 Å². The summed E-state index contributed by atoms with van der Waals surface area (Å²) in [6.07, 6.45) is 1.12. The molecule has 1 aliphatic rings. The van der Waals surface area contributed by atoms with E-state index in [1.54, 1.807) is 0 Å². The monoisotopic (exact) mass is 360 g/mol. The highest BCUT2D eigenvalue weighted by Crippen LogP contribution is 2.34. The molecule has 1 aromatic heterocycles. The predicted molar refractivity (Wildman–Crippen MR) is 109 cm³/mol. The van der Waals surface area contributed by atoms with Gasteiger partial charge in [0.1, 0.15) is 11.6 Å². The first-order chi connectivity index (χ1) is 13.1. The van der Waals surface area contributed by atoms with Crippen LogP contribution >= 0.6 is 0 Å². The molecule has 0 atom stereocenters. The number of anilines is 4. The van der Waals surface area contributed by atoms with E-state index in [0.29, 0.717) is 0 Å². The Bertz CT molecular complexity index is 955. The molecule has 2 heterocycles. The fourth-order valence-corrected chi connectivity index (χ4v) is 3.35. The third-order valence-corrected chi connectivity index (χ3v) is 4.48. The summed E-state index contributed by atoms with van der Waals surface area (Å²) in [4.78, 5) is 11.6. The molecule has 5 heteroatoms. The van der Waals surface area contributed by atoms with E-state index in [0.717, 1.165) is 41.9 Å². The van der Waals surface area contributed by atoms with Crippen molar-refractivity contribution in [1.29, 1.82) is 0 Å². The SMILES string of the molecule is Cc1cc(Nc2ccccc2OC(C)C)nc(N2CCc3ccccc32)n1. The Balaban J connectivity index is 1.65. The molecule has 0 saturated carbocycles. The Morgan fingerprint density at radius 1 is 1.04 bits per heavy atom. The van der Waals surface area contributed by atoms with E-state index < -0.39 is 0 Å². The van der Waals surface area contributed by atoms with Crippen molar-refractivity contribution in [3.05, 3.63) is 65.9 Å². The lowest BCUT2D eigenvalue weighted by atomic mass is 10.2. The number of aromatic nitrogens is 2. The van der Waals surface area contributed by atoms with Gasteiger partial charge >= 0.3 is 0 Å². The Labute approximate surface area is 160 Å². The van der Waals surface area contributed by atoms with E-state index in [1.165, 1.54) is 11.3 Å². The molecular formula is C22H24N4O. The van der Waals surface area contributed by atoms with E-state index >= 15 is 0 Å². The number of nitrogens with zero attached hydrogens (tertiary/aromatic N) is 3. The summed E-state index contributed by atoms with van der Waals surface area (Å²) in [5.41, 5.74) is 4.36. The van der Waals surface area contributed by atoms with Crippen LogP contribution in [0.2, 0.25) is 0 Å². The zero-order valence-corrected chi connectivity index (χ0v) is 15.9. The fraction of sp³-hybridized carbons (Fsp3) is 0.273. The lowest BCUT2D eigenvalue weighted by Crippen LogP contribution is -2.17. The van der Waals surface area contributed by atoms with Gasteiger partial charge in [-0.2, -0.15) is 4.98 Å². The number of hydrogen-bond donors (Lipinski definition) is 1. The smallest absolute Gasteiger partial charge is 0.232 e. The first-order valence-corrected chi connectivity index (χ1v) is 9.34. The molecule has 0 amide bonds. The van der Waals surface area contributed by atoms with Crippen molar-refractivity contribution in [2.45, 2.75) is 33.3 Å². The van der Waals surface area contributed by atoms with E-state index in [4.69, 9.17) is 9.72 Å². The van der Waals surface area contributed by atoms with Crippen molar-refractivity contribution in [3.8, 4) is 5.75 Å². The molecule has 0 saturated heterocycles. The van der Waals surface area contributed by atoms with Crippen molar-refractivity contribution in [1.82, 2.24) is 9.97 Å². The van der Waals surface area contributed by atoms with Crippen LogP contribution in [0.5, 0.6) is 5.75 Å². The molecule has 27 heavy (non-hydrogen) atoms. The Morgan fingerprint density at radius 3 is 2.67 bits per heavy atom. The second-order valence-corrected chi connectivity index (χ2v) is 7.01. The molecule has 138 valence electrons. The zero-order valence-electron chi connectivity index (χ0n) is 15.9. The van der Waals surface area contributed by atoms with Crippen LogP contribution in [0.1, 0.15) is 25.1 Å². The van der Waals surface area contributed by atoms with Gasteiger partial charge in [-0.3, -0.25) is 0 Å². The maximum Gasteiger partial charge on any atom is 0.232 e. The molecule has 0 unspecified atom stereocenters. The Hall–Kier alpha value is -3.08. The minimum atomic E-state index is 0.108. The largest absolute Gasteiger partial charge is 0.489 e. The molecule has 0 spiro atoms. The molecular weight excluding hydrogens is 336 g/mol. The van der Waals surface area contributed by atoms with Gasteiger partial charge in [0.25, 0.3) is 0 Å².